The highest BCUT2D eigenvalue weighted by Gasteiger charge is 2.29. The maximum Gasteiger partial charge on any atom is -0.00176 e. The van der Waals surface area contributed by atoms with Gasteiger partial charge in [0.1, 0.15) is 0 Å². The minimum absolute atomic E-state index is 0.754. The highest BCUT2D eigenvalue weighted by atomic mass is 14.9. The van der Waals surface area contributed by atoms with Crippen molar-refractivity contribution in [3.8, 4) is 0 Å². The fourth-order valence-corrected chi connectivity index (χ4v) is 4.09. The number of benzene rings is 1. The summed E-state index contributed by atoms with van der Waals surface area (Å²) < 4.78 is 0. The maximum absolute atomic E-state index is 3.72. The van der Waals surface area contributed by atoms with Crippen LogP contribution in [0.25, 0.3) is 0 Å². The van der Waals surface area contributed by atoms with E-state index in [2.05, 4.69) is 56.4 Å². The number of hydrogen-bond donors (Lipinski definition) is 1. The van der Waals surface area contributed by atoms with E-state index >= 15 is 0 Å². The molecule has 0 aromatic heterocycles. The molecule has 1 fully saturated rings. The fourth-order valence-electron chi connectivity index (χ4n) is 4.09. The molecule has 0 saturated heterocycles. The van der Waals surface area contributed by atoms with Gasteiger partial charge in [0.25, 0.3) is 0 Å². The molecule has 22 heavy (non-hydrogen) atoms. The van der Waals surface area contributed by atoms with Crippen LogP contribution in [0.1, 0.15) is 58.4 Å². The number of rotatable bonds is 8. The van der Waals surface area contributed by atoms with Crippen LogP contribution in [-0.4, -0.2) is 13.1 Å². The van der Waals surface area contributed by atoms with Crippen molar-refractivity contribution in [3.05, 3.63) is 35.9 Å². The lowest BCUT2D eigenvalue weighted by Gasteiger charge is -2.37. The second-order valence-electron chi connectivity index (χ2n) is 7.73. The summed E-state index contributed by atoms with van der Waals surface area (Å²) in [7, 11) is 0. The van der Waals surface area contributed by atoms with Gasteiger partial charge in [0.2, 0.25) is 0 Å². The minimum Gasteiger partial charge on any atom is -0.316 e. The molecule has 0 heterocycles. The first-order chi connectivity index (χ1) is 10.7. The predicted octanol–water partition coefficient (Wildman–Crippen LogP) is 5.31. The Labute approximate surface area is 137 Å². The third-order valence-electron chi connectivity index (χ3n) is 5.25. The Morgan fingerprint density at radius 2 is 1.86 bits per heavy atom. The van der Waals surface area contributed by atoms with Crippen LogP contribution in [0.2, 0.25) is 0 Å². The molecule has 0 aliphatic heterocycles. The van der Waals surface area contributed by atoms with Gasteiger partial charge in [-0.2, -0.15) is 0 Å². The van der Waals surface area contributed by atoms with Crippen molar-refractivity contribution in [2.45, 2.75) is 59.3 Å². The molecule has 3 atom stereocenters. The van der Waals surface area contributed by atoms with Gasteiger partial charge >= 0.3 is 0 Å². The van der Waals surface area contributed by atoms with Crippen LogP contribution in [0, 0.1) is 23.7 Å². The van der Waals surface area contributed by atoms with Crippen LogP contribution in [0.15, 0.2) is 30.3 Å². The van der Waals surface area contributed by atoms with Crippen molar-refractivity contribution >= 4 is 0 Å². The van der Waals surface area contributed by atoms with E-state index in [4.69, 9.17) is 0 Å². The van der Waals surface area contributed by atoms with Gasteiger partial charge in [-0.25, -0.2) is 0 Å². The summed E-state index contributed by atoms with van der Waals surface area (Å²) in [5, 5.41) is 3.72. The summed E-state index contributed by atoms with van der Waals surface area (Å²) in [5.41, 5.74) is 1.53. The molecule has 2 rings (SSSR count). The first-order valence-electron chi connectivity index (χ1n) is 9.43. The van der Waals surface area contributed by atoms with Gasteiger partial charge < -0.3 is 5.32 Å². The SMILES string of the molecule is CCCC1CCC(CNCC(C)C)C(Cc2ccccc2)C1. The summed E-state index contributed by atoms with van der Waals surface area (Å²) in [5.74, 6) is 3.46. The average Bonchev–Trinajstić information content (AvgIpc) is 2.50. The molecule has 1 heteroatoms. The summed E-state index contributed by atoms with van der Waals surface area (Å²) >= 11 is 0. The Hall–Kier alpha value is -0.820. The molecule has 0 amide bonds. The van der Waals surface area contributed by atoms with Crippen molar-refractivity contribution < 1.29 is 0 Å². The number of nitrogens with one attached hydrogen (secondary N) is 1. The summed E-state index contributed by atoms with van der Waals surface area (Å²) in [6, 6.07) is 11.1. The van der Waals surface area contributed by atoms with Gasteiger partial charge in [-0.05, 0) is 61.6 Å². The Kier molecular flexibility index (Phi) is 7.45. The van der Waals surface area contributed by atoms with E-state index < -0.39 is 0 Å². The van der Waals surface area contributed by atoms with E-state index in [9.17, 15) is 0 Å². The molecule has 1 aliphatic carbocycles. The molecule has 1 nitrogen and oxygen atoms in total. The lowest BCUT2D eigenvalue weighted by Crippen LogP contribution is -2.35. The van der Waals surface area contributed by atoms with E-state index in [1.54, 1.807) is 0 Å². The molecule has 3 unspecified atom stereocenters. The first kappa shape index (κ1) is 17.5. The van der Waals surface area contributed by atoms with E-state index in [0.29, 0.717) is 0 Å². The normalized spacial score (nSPS) is 25.5. The zero-order valence-corrected chi connectivity index (χ0v) is 14.9. The summed E-state index contributed by atoms with van der Waals surface area (Å²) in [6.07, 6.45) is 8.36. The molecular weight excluding hydrogens is 266 g/mol. The van der Waals surface area contributed by atoms with Gasteiger partial charge in [-0.15, -0.1) is 0 Å². The molecule has 1 aromatic rings. The molecule has 1 aliphatic rings. The maximum atomic E-state index is 3.72. The summed E-state index contributed by atoms with van der Waals surface area (Å²) in [6.45, 7) is 9.31. The van der Waals surface area contributed by atoms with Crippen LogP contribution < -0.4 is 5.32 Å². The zero-order valence-electron chi connectivity index (χ0n) is 14.9. The Morgan fingerprint density at radius 3 is 2.55 bits per heavy atom. The molecule has 0 radical (unpaired) electrons. The highest BCUT2D eigenvalue weighted by Crippen LogP contribution is 2.37. The molecule has 1 N–H and O–H groups in total. The highest BCUT2D eigenvalue weighted by molar-refractivity contribution is 5.15. The van der Waals surface area contributed by atoms with Crippen LogP contribution in [0.3, 0.4) is 0 Å². The van der Waals surface area contributed by atoms with Gasteiger partial charge in [-0.1, -0.05) is 70.4 Å². The van der Waals surface area contributed by atoms with Crippen molar-refractivity contribution in [2.24, 2.45) is 23.7 Å². The Morgan fingerprint density at radius 1 is 1.09 bits per heavy atom. The number of hydrogen-bond acceptors (Lipinski definition) is 1. The van der Waals surface area contributed by atoms with Crippen LogP contribution in [0.5, 0.6) is 0 Å². The first-order valence-corrected chi connectivity index (χ1v) is 9.43. The molecular formula is C21H35N. The molecule has 0 bridgehead atoms. The smallest absolute Gasteiger partial charge is 0.00176 e. The molecule has 1 aromatic carbocycles. The third kappa shape index (κ3) is 5.76. The molecule has 0 spiro atoms. The van der Waals surface area contributed by atoms with Crippen molar-refractivity contribution in [1.29, 1.82) is 0 Å². The molecule has 1 saturated carbocycles. The Bertz CT molecular complexity index is 398. The minimum atomic E-state index is 0.754. The van der Waals surface area contributed by atoms with Crippen molar-refractivity contribution in [3.63, 3.8) is 0 Å². The van der Waals surface area contributed by atoms with Gasteiger partial charge in [0.15, 0.2) is 0 Å². The van der Waals surface area contributed by atoms with E-state index in [-0.39, 0.29) is 0 Å². The second-order valence-corrected chi connectivity index (χ2v) is 7.73. The average molecular weight is 302 g/mol. The Balaban J connectivity index is 1.93. The summed E-state index contributed by atoms with van der Waals surface area (Å²) in [4.78, 5) is 0. The van der Waals surface area contributed by atoms with Crippen LogP contribution >= 0.6 is 0 Å². The lowest BCUT2D eigenvalue weighted by atomic mass is 9.70. The standard InChI is InChI=1S/C21H35N/c1-4-8-18-11-12-20(16-22-15-17(2)3)21(13-18)14-19-9-6-5-7-10-19/h5-7,9-10,17-18,20-22H,4,8,11-16H2,1-3H3. The zero-order chi connectivity index (χ0) is 15.8. The lowest BCUT2D eigenvalue weighted by molar-refractivity contribution is 0.166. The van der Waals surface area contributed by atoms with E-state index in [1.807, 2.05) is 0 Å². The van der Waals surface area contributed by atoms with Gasteiger partial charge in [0, 0.05) is 0 Å². The molecule has 124 valence electrons. The third-order valence-corrected chi connectivity index (χ3v) is 5.25. The fraction of sp³-hybridized carbons (Fsp3) is 0.714. The van der Waals surface area contributed by atoms with Crippen LogP contribution in [0.4, 0.5) is 0 Å². The second kappa shape index (κ2) is 9.35. The van der Waals surface area contributed by atoms with E-state index in [0.717, 1.165) is 30.2 Å². The quantitative estimate of drug-likeness (QED) is 0.686. The van der Waals surface area contributed by atoms with E-state index in [1.165, 1.54) is 50.6 Å². The monoisotopic (exact) mass is 301 g/mol. The largest absolute Gasteiger partial charge is 0.316 e. The van der Waals surface area contributed by atoms with Crippen molar-refractivity contribution in [2.75, 3.05) is 13.1 Å². The topological polar surface area (TPSA) is 12.0 Å². The van der Waals surface area contributed by atoms with Crippen LogP contribution in [-0.2, 0) is 6.42 Å². The van der Waals surface area contributed by atoms with Crippen molar-refractivity contribution in [1.82, 2.24) is 5.32 Å². The van der Waals surface area contributed by atoms with Gasteiger partial charge in [-0.3, -0.25) is 0 Å². The van der Waals surface area contributed by atoms with Gasteiger partial charge in [0.05, 0.1) is 0 Å². The predicted molar refractivity (Wildman–Crippen MR) is 97.1 cm³/mol.